The van der Waals surface area contributed by atoms with Gasteiger partial charge in [-0.25, -0.2) is 4.39 Å². The predicted molar refractivity (Wildman–Crippen MR) is 78.6 cm³/mol. The minimum atomic E-state index is -0.110. The molecule has 3 atom stereocenters. The molecule has 0 spiro atoms. The number of halogens is 3. The smallest absolute Gasteiger partial charge is 0.126 e. The van der Waals surface area contributed by atoms with Crippen molar-refractivity contribution in [1.82, 2.24) is 0 Å². The van der Waals surface area contributed by atoms with Crippen LogP contribution in [0.5, 0.6) is 0 Å². The molecule has 0 aliphatic heterocycles. The lowest BCUT2D eigenvalue weighted by atomic mass is 9.77. The molecule has 0 amide bonds. The van der Waals surface area contributed by atoms with Crippen molar-refractivity contribution >= 4 is 27.5 Å². The normalized spacial score (nSPS) is 28.3. The zero-order chi connectivity index (χ0) is 13.1. The highest BCUT2D eigenvalue weighted by atomic mass is 79.9. The highest BCUT2D eigenvalue weighted by molar-refractivity contribution is 9.10. The average Bonchev–Trinajstić information content (AvgIpc) is 2.36. The Morgan fingerprint density at radius 2 is 2.17 bits per heavy atom. The van der Waals surface area contributed by atoms with E-state index in [4.69, 9.17) is 11.6 Å². The van der Waals surface area contributed by atoms with E-state index in [1.807, 2.05) is 6.07 Å². The number of hydrogen-bond acceptors (Lipinski definition) is 0. The van der Waals surface area contributed by atoms with Gasteiger partial charge in [0.05, 0.1) is 0 Å². The summed E-state index contributed by atoms with van der Waals surface area (Å²) in [6.07, 6.45) is 5.40. The lowest BCUT2D eigenvalue weighted by molar-refractivity contribution is 0.263. The average molecular weight is 334 g/mol. The van der Waals surface area contributed by atoms with Crippen molar-refractivity contribution in [1.29, 1.82) is 0 Å². The zero-order valence-corrected chi connectivity index (χ0v) is 13.0. The third-order valence-electron chi connectivity index (χ3n) is 4.07. The van der Waals surface area contributed by atoms with Crippen molar-refractivity contribution in [2.45, 2.75) is 44.4 Å². The van der Waals surface area contributed by atoms with Crippen molar-refractivity contribution < 1.29 is 4.39 Å². The monoisotopic (exact) mass is 332 g/mol. The summed E-state index contributed by atoms with van der Waals surface area (Å²) in [6.45, 7) is 2.23. The molecule has 1 aliphatic rings. The molecule has 1 aliphatic carbocycles. The van der Waals surface area contributed by atoms with Crippen molar-refractivity contribution in [3.05, 3.63) is 34.1 Å². The molecule has 1 aromatic rings. The van der Waals surface area contributed by atoms with Crippen LogP contribution in [0.2, 0.25) is 0 Å². The van der Waals surface area contributed by atoms with Crippen molar-refractivity contribution in [2.75, 3.05) is 0 Å². The standard InChI is InChI=1S/C15H19BrClF/c1-2-10-3-5-14(17)11(7-10)8-12-9-13(16)4-6-15(12)18/h4,6,9-11,14H,2-3,5,7-8H2,1H3. The minimum Gasteiger partial charge on any atom is -0.207 e. The van der Waals surface area contributed by atoms with Gasteiger partial charge in [0, 0.05) is 9.85 Å². The van der Waals surface area contributed by atoms with Crippen LogP contribution in [0.4, 0.5) is 4.39 Å². The second kappa shape index (κ2) is 6.38. The number of hydrogen-bond donors (Lipinski definition) is 0. The number of benzene rings is 1. The predicted octanol–water partition coefficient (Wildman–Crippen LogP) is 5.56. The molecular formula is C15H19BrClF. The molecule has 1 saturated carbocycles. The molecule has 3 heteroatoms. The summed E-state index contributed by atoms with van der Waals surface area (Å²) in [5.41, 5.74) is 0.789. The summed E-state index contributed by atoms with van der Waals surface area (Å²) in [6, 6.07) is 5.16. The van der Waals surface area contributed by atoms with Crippen LogP contribution in [0, 0.1) is 17.7 Å². The van der Waals surface area contributed by atoms with Gasteiger partial charge in [0.25, 0.3) is 0 Å². The Morgan fingerprint density at radius 1 is 1.39 bits per heavy atom. The van der Waals surface area contributed by atoms with E-state index in [2.05, 4.69) is 22.9 Å². The first-order valence-electron chi connectivity index (χ1n) is 6.68. The molecular weight excluding hydrogens is 315 g/mol. The van der Waals surface area contributed by atoms with Crippen LogP contribution in [0.15, 0.2) is 22.7 Å². The summed E-state index contributed by atoms with van der Waals surface area (Å²) in [7, 11) is 0. The quantitative estimate of drug-likeness (QED) is 0.635. The Morgan fingerprint density at radius 3 is 2.89 bits per heavy atom. The van der Waals surface area contributed by atoms with Crippen molar-refractivity contribution in [3.8, 4) is 0 Å². The van der Waals surface area contributed by atoms with Crippen LogP contribution in [-0.2, 0) is 6.42 Å². The van der Waals surface area contributed by atoms with Crippen molar-refractivity contribution in [2.24, 2.45) is 11.8 Å². The third kappa shape index (κ3) is 3.48. The van der Waals surface area contributed by atoms with E-state index in [0.29, 0.717) is 5.92 Å². The van der Waals surface area contributed by atoms with E-state index in [1.54, 1.807) is 6.07 Å². The molecule has 100 valence electrons. The van der Waals surface area contributed by atoms with Gasteiger partial charge in [-0.3, -0.25) is 0 Å². The van der Waals surface area contributed by atoms with E-state index in [-0.39, 0.29) is 11.2 Å². The van der Waals surface area contributed by atoms with Gasteiger partial charge in [0.15, 0.2) is 0 Å². The summed E-state index contributed by atoms with van der Waals surface area (Å²) >= 11 is 9.81. The van der Waals surface area contributed by atoms with Crippen LogP contribution in [0.1, 0.15) is 38.2 Å². The van der Waals surface area contributed by atoms with Crippen LogP contribution in [-0.4, -0.2) is 5.38 Å². The molecule has 0 bridgehead atoms. The molecule has 1 aromatic carbocycles. The number of alkyl halides is 1. The maximum atomic E-state index is 13.8. The third-order valence-corrected chi connectivity index (χ3v) is 5.13. The topological polar surface area (TPSA) is 0 Å². The van der Waals surface area contributed by atoms with E-state index < -0.39 is 0 Å². The fourth-order valence-electron chi connectivity index (χ4n) is 2.89. The molecule has 18 heavy (non-hydrogen) atoms. The summed E-state index contributed by atoms with van der Waals surface area (Å²) in [4.78, 5) is 0. The Bertz CT molecular complexity index is 407. The largest absolute Gasteiger partial charge is 0.207 e. The van der Waals surface area contributed by atoms with E-state index >= 15 is 0 Å². The minimum absolute atomic E-state index is 0.110. The van der Waals surface area contributed by atoms with E-state index in [9.17, 15) is 4.39 Å². The first-order chi connectivity index (χ1) is 8.60. The van der Waals surface area contributed by atoms with E-state index in [1.165, 1.54) is 18.9 Å². The van der Waals surface area contributed by atoms with Crippen LogP contribution >= 0.6 is 27.5 Å². The highest BCUT2D eigenvalue weighted by Gasteiger charge is 2.29. The maximum absolute atomic E-state index is 13.8. The number of rotatable bonds is 3. The second-order valence-electron chi connectivity index (χ2n) is 5.30. The van der Waals surface area contributed by atoms with Crippen molar-refractivity contribution in [3.63, 3.8) is 0 Å². The van der Waals surface area contributed by atoms with Gasteiger partial charge in [-0.05, 0) is 61.3 Å². The SMILES string of the molecule is CCC1CCC(Cl)C(Cc2cc(Br)ccc2F)C1. The van der Waals surface area contributed by atoms with Gasteiger partial charge >= 0.3 is 0 Å². The van der Waals surface area contributed by atoms with Crippen LogP contribution in [0.3, 0.4) is 0 Å². The highest BCUT2D eigenvalue weighted by Crippen LogP contribution is 2.36. The van der Waals surface area contributed by atoms with Crippen LogP contribution < -0.4 is 0 Å². The lowest BCUT2D eigenvalue weighted by Crippen LogP contribution is -2.27. The summed E-state index contributed by atoms with van der Waals surface area (Å²) < 4.78 is 14.7. The molecule has 0 N–H and O–H groups in total. The first-order valence-corrected chi connectivity index (χ1v) is 7.91. The Hall–Kier alpha value is -0.0800. The fraction of sp³-hybridized carbons (Fsp3) is 0.600. The summed E-state index contributed by atoms with van der Waals surface area (Å²) in [5.74, 6) is 1.06. The molecule has 0 aromatic heterocycles. The lowest BCUT2D eigenvalue weighted by Gasteiger charge is -2.32. The van der Waals surface area contributed by atoms with Gasteiger partial charge in [-0.2, -0.15) is 0 Å². The maximum Gasteiger partial charge on any atom is 0.126 e. The Balaban J connectivity index is 2.09. The molecule has 0 radical (unpaired) electrons. The van der Waals surface area contributed by atoms with Gasteiger partial charge in [0.1, 0.15) is 5.82 Å². The van der Waals surface area contributed by atoms with Crippen LogP contribution in [0.25, 0.3) is 0 Å². The molecule has 0 saturated heterocycles. The zero-order valence-electron chi connectivity index (χ0n) is 10.6. The molecule has 2 rings (SSSR count). The second-order valence-corrected chi connectivity index (χ2v) is 6.78. The molecule has 3 unspecified atom stereocenters. The van der Waals surface area contributed by atoms with E-state index in [0.717, 1.165) is 35.2 Å². The van der Waals surface area contributed by atoms with Gasteiger partial charge in [0.2, 0.25) is 0 Å². The van der Waals surface area contributed by atoms with Gasteiger partial charge in [-0.1, -0.05) is 29.3 Å². The Kier molecular flexibility index (Phi) is 5.08. The fourth-order valence-corrected chi connectivity index (χ4v) is 3.61. The first kappa shape index (κ1) is 14.3. The summed E-state index contributed by atoms with van der Waals surface area (Å²) in [5, 5.41) is 0.200. The Labute approximate surface area is 122 Å². The molecule has 1 fully saturated rings. The van der Waals surface area contributed by atoms with Gasteiger partial charge < -0.3 is 0 Å². The molecule has 0 heterocycles. The molecule has 0 nitrogen and oxygen atoms in total. The van der Waals surface area contributed by atoms with Gasteiger partial charge in [-0.15, -0.1) is 11.6 Å².